The third-order valence-electron chi connectivity index (χ3n) is 8.06. The van der Waals surface area contributed by atoms with Crippen LogP contribution in [0.2, 0.25) is 0 Å². The average molecular weight is 600 g/mol. The summed E-state index contributed by atoms with van der Waals surface area (Å²) in [6, 6.07) is 16.1. The van der Waals surface area contributed by atoms with Gasteiger partial charge >= 0.3 is 6.09 Å². The molecule has 0 aliphatic heterocycles. The number of alkyl carbamates (subject to hydrolysis) is 1. The normalized spacial score (nSPS) is 14.6. The zero-order valence-electron chi connectivity index (χ0n) is 26.9. The van der Waals surface area contributed by atoms with Gasteiger partial charge in [-0.05, 0) is 108 Å². The lowest BCUT2D eigenvalue weighted by Gasteiger charge is -2.44. The lowest BCUT2D eigenvalue weighted by Crippen LogP contribution is -2.57. The molecule has 2 atom stereocenters. The molecule has 0 bridgehead atoms. The number of para-hydroxylation sites is 1. The summed E-state index contributed by atoms with van der Waals surface area (Å²) in [7, 11) is 0. The molecule has 8 heteroatoms. The fourth-order valence-corrected chi connectivity index (χ4v) is 5.63. The van der Waals surface area contributed by atoms with Gasteiger partial charge in [0, 0.05) is 18.2 Å². The molecule has 1 saturated carbocycles. The number of rotatable bonds is 9. The first kappa shape index (κ1) is 32.6. The van der Waals surface area contributed by atoms with Gasteiger partial charge in [-0.3, -0.25) is 9.59 Å². The molecule has 1 fully saturated rings. The number of benzene rings is 3. The number of nitrogens with one attached hydrogen (secondary N) is 2. The molecule has 0 spiro atoms. The Morgan fingerprint density at radius 3 is 2.11 bits per heavy atom. The van der Waals surface area contributed by atoms with Crippen LogP contribution >= 0.6 is 0 Å². The van der Waals surface area contributed by atoms with Crippen LogP contribution in [0.3, 0.4) is 0 Å². The number of nitrogens with zero attached hydrogens (tertiary/aromatic N) is 1. The van der Waals surface area contributed by atoms with Crippen LogP contribution in [0.4, 0.5) is 10.5 Å². The van der Waals surface area contributed by atoms with E-state index in [1.54, 1.807) is 49.9 Å². The molecule has 234 valence electrons. The highest BCUT2D eigenvalue weighted by Gasteiger charge is 2.42. The summed E-state index contributed by atoms with van der Waals surface area (Å²) in [6.45, 7) is 13.1. The number of phenols is 1. The highest BCUT2D eigenvalue weighted by Crippen LogP contribution is 2.36. The molecule has 1 aliphatic carbocycles. The van der Waals surface area contributed by atoms with E-state index in [4.69, 9.17) is 4.74 Å². The van der Waals surface area contributed by atoms with Gasteiger partial charge in [-0.1, -0.05) is 54.1 Å². The molecule has 0 saturated heterocycles. The van der Waals surface area contributed by atoms with Gasteiger partial charge in [0.15, 0.2) is 0 Å². The summed E-state index contributed by atoms with van der Waals surface area (Å²) < 4.78 is 5.55. The van der Waals surface area contributed by atoms with Crippen molar-refractivity contribution < 1.29 is 24.2 Å². The van der Waals surface area contributed by atoms with Crippen molar-refractivity contribution in [3.05, 3.63) is 94.0 Å². The van der Waals surface area contributed by atoms with Gasteiger partial charge in [0.1, 0.15) is 23.4 Å². The maximum atomic E-state index is 14.8. The van der Waals surface area contributed by atoms with Gasteiger partial charge in [-0.25, -0.2) is 4.79 Å². The summed E-state index contributed by atoms with van der Waals surface area (Å²) in [5, 5.41) is 15.8. The van der Waals surface area contributed by atoms with Crippen LogP contribution in [-0.4, -0.2) is 45.6 Å². The minimum atomic E-state index is -1.02. The molecular formula is C36H45N3O5. The van der Waals surface area contributed by atoms with E-state index in [9.17, 15) is 19.5 Å². The first-order valence-corrected chi connectivity index (χ1v) is 15.3. The number of hydrogen-bond acceptors (Lipinski definition) is 5. The Morgan fingerprint density at radius 1 is 0.932 bits per heavy atom. The van der Waals surface area contributed by atoms with E-state index in [0.717, 1.165) is 58.3 Å². The molecule has 3 aromatic carbocycles. The molecule has 44 heavy (non-hydrogen) atoms. The maximum Gasteiger partial charge on any atom is 0.408 e. The molecule has 1 aliphatic rings. The van der Waals surface area contributed by atoms with Crippen molar-refractivity contribution in [2.24, 2.45) is 0 Å². The molecule has 8 nitrogen and oxygen atoms in total. The van der Waals surface area contributed by atoms with Crippen LogP contribution in [0.15, 0.2) is 60.7 Å². The number of phenolic OH excluding ortho intramolecular Hbond substituents is 1. The van der Waals surface area contributed by atoms with Crippen molar-refractivity contribution in [1.82, 2.24) is 10.2 Å². The van der Waals surface area contributed by atoms with Gasteiger partial charge < -0.3 is 25.4 Å². The first-order valence-electron chi connectivity index (χ1n) is 15.3. The molecule has 2 unspecified atom stereocenters. The van der Waals surface area contributed by atoms with E-state index < -0.39 is 23.8 Å². The predicted molar refractivity (Wildman–Crippen MR) is 173 cm³/mol. The number of carbonyl (C=O) groups excluding carboxylic acids is 3. The Bertz CT molecular complexity index is 1480. The number of carbonyl (C=O) groups is 3. The van der Waals surface area contributed by atoms with E-state index in [2.05, 4.69) is 10.6 Å². The van der Waals surface area contributed by atoms with Crippen LogP contribution < -0.4 is 10.6 Å². The Balaban J connectivity index is 1.80. The lowest BCUT2D eigenvalue weighted by atomic mass is 9.86. The number of aryl methyl sites for hydroxylation is 4. The zero-order valence-corrected chi connectivity index (χ0v) is 26.9. The number of ether oxygens (including phenoxy) is 1. The minimum Gasteiger partial charge on any atom is -0.508 e. The Labute approximate surface area is 260 Å². The van der Waals surface area contributed by atoms with Crippen molar-refractivity contribution in [2.75, 3.05) is 5.32 Å². The van der Waals surface area contributed by atoms with Crippen molar-refractivity contribution in [3.63, 3.8) is 0 Å². The monoisotopic (exact) mass is 599 g/mol. The summed E-state index contributed by atoms with van der Waals surface area (Å²) >= 11 is 0. The van der Waals surface area contributed by atoms with Crippen LogP contribution in [0.1, 0.15) is 79.5 Å². The standard InChI is InChI=1S/C36H45N3O5/c1-22-14-19-29(25(4)20-22)32(33(41)38-31-23(2)10-8-11-24(31)3)39(27-12-9-13-27)34(42)30(37-35(43)44-36(5,6)7)21-26-15-17-28(40)18-16-26/h8,10-11,14-20,27,30,32,40H,9,12-13,21H2,1-7H3,(H,37,43)(H,38,41). The van der Waals surface area contributed by atoms with Gasteiger partial charge in [-0.15, -0.1) is 0 Å². The Hall–Kier alpha value is -4.33. The number of amides is 3. The van der Waals surface area contributed by atoms with E-state index in [-0.39, 0.29) is 30.0 Å². The predicted octanol–water partition coefficient (Wildman–Crippen LogP) is 6.82. The Kier molecular flexibility index (Phi) is 10.0. The second kappa shape index (κ2) is 13.5. The molecule has 0 heterocycles. The minimum absolute atomic E-state index is 0.103. The molecule has 0 radical (unpaired) electrons. The third-order valence-corrected chi connectivity index (χ3v) is 8.06. The largest absolute Gasteiger partial charge is 0.508 e. The van der Waals surface area contributed by atoms with Gasteiger partial charge in [-0.2, -0.15) is 0 Å². The second-order valence-corrected chi connectivity index (χ2v) is 12.9. The quantitative estimate of drug-likeness (QED) is 0.250. The highest BCUT2D eigenvalue weighted by atomic mass is 16.6. The molecule has 3 aromatic rings. The maximum absolute atomic E-state index is 14.8. The number of hydrogen-bond donors (Lipinski definition) is 3. The third kappa shape index (κ3) is 7.98. The first-order chi connectivity index (χ1) is 20.7. The van der Waals surface area contributed by atoms with Crippen LogP contribution in [0.5, 0.6) is 5.75 Å². The van der Waals surface area contributed by atoms with Crippen molar-refractivity contribution in [3.8, 4) is 5.75 Å². The second-order valence-electron chi connectivity index (χ2n) is 12.9. The fourth-order valence-electron chi connectivity index (χ4n) is 5.63. The van der Waals surface area contributed by atoms with Crippen LogP contribution in [-0.2, 0) is 20.7 Å². The van der Waals surface area contributed by atoms with Crippen molar-refractivity contribution >= 4 is 23.6 Å². The lowest BCUT2D eigenvalue weighted by molar-refractivity contribution is -0.145. The molecule has 3 amide bonds. The summed E-state index contributed by atoms with van der Waals surface area (Å²) in [6.07, 6.45) is 1.88. The van der Waals surface area contributed by atoms with E-state index in [1.165, 1.54) is 0 Å². The van der Waals surface area contributed by atoms with E-state index in [0.29, 0.717) is 0 Å². The SMILES string of the molecule is Cc1ccc(C(C(=O)Nc2c(C)cccc2C)N(C(=O)C(Cc2ccc(O)cc2)NC(=O)OC(C)(C)C)C2CCC2)c(C)c1. The topological polar surface area (TPSA) is 108 Å². The van der Waals surface area contributed by atoms with Crippen LogP contribution in [0.25, 0.3) is 0 Å². The number of anilines is 1. The van der Waals surface area contributed by atoms with Crippen molar-refractivity contribution in [2.45, 2.75) is 97.9 Å². The van der Waals surface area contributed by atoms with Gasteiger partial charge in [0.05, 0.1) is 0 Å². The van der Waals surface area contributed by atoms with Crippen LogP contribution in [0, 0.1) is 27.7 Å². The van der Waals surface area contributed by atoms with Crippen molar-refractivity contribution in [1.29, 1.82) is 0 Å². The van der Waals surface area contributed by atoms with Gasteiger partial charge in [0.2, 0.25) is 5.91 Å². The molecule has 0 aromatic heterocycles. The van der Waals surface area contributed by atoms with E-state index >= 15 is 0 Å². The summed E-state index contributed by atoms with van der Waals surface area (Å²) in [5.41, 5.74) is 5.25. The molecule has 4 rings (SSSR count). The zero-order chi connectivity index (χ0) is 32.2. The average Bonchev–Trinajstić information content (AvgIpc) is 2.90. The highest BCUT2D eigenvalue weighted by molar-refractivity contribution is 6.00. The fraction of sp³-hybridized carbons (Fsp3) is 0.417. The summed E-state index contributed by atoms with van der Waals surface area (Å²) in [4.78, 5) is 43.9. The summed E-state index contributed by atoms with van der Waals surface area (Å²) in [5.74, 6) is -0.573. The molecular weight excluding hydrogens is 554 g/mol. The molecule has 3 N–H and O–H groups in total. The number of aromatic hydroxyl groups is 1. The van der Waals surface area contributed by atoms with Gasteiger partial charge in [0.25, 0.3) is 5.91 Å². The Morgan fingerprint density at radius 2 is 1.57 bits per heavy atom. The smallest absolute Gasteiger partial charge is 0.408 e. The van der Waals surface area contributed by atoms with E-state index in [1.807, 2.05) is 64.1 Å².